The van der Waals surface area contributed by atoms with Crippen LogP contribution in [0.3, 0.4) is 0 Å². The van der Waals surface area contributed by atoms with Crippen molar-refractivity contribution in [2.24, 2.45) is 0 Å². The highest BCUT2D eigenvalue weighted by molar-refractivity contribution is 5.70. The minimum atomic E-state index is 0.403. The van der Waals surface area contributed by atoms with Crippen LogP contribution in [0.25, 0.3) is 11.1 Å². The zero-order valence-electron chi connectivity index (χ0n) is 16.4. The van der Waals surface area contributed by atoms with E-state index >= 15 is 0 Å². The minimum Gasteiger partial charge on any atom is -0.507 e. The Balaban J connectivity index is 2.24. The predicted molar refractivity (Wildman–Crippen MR) is 109 cm³/mol. The van der Waals surface area contributed by atoms with E-state index in [4.69, 9.17) is 0 Å². The molecule has 0 saturated heterocycles. The Morgan fingerprint density at radius 2 is 1.24 bits per heavy atom. The highest BCUT2D eigenvalue weighted by atomic mass is 16.3. The number of rotatable bonds is 9. The average molecular weight is 339 g/mol. The molecule has 1 heteroatoms. The largest absolute Gasteiger partial charge is 0.507 e. The van der Waals surface area contributed by atoms with Crippen molar-refractivity contribution in [2.75, 3.05) is 0 Å². The van der Waals surface area contributed by atoms with Crippen molar-refractivity contribution in [3.8, 4) is 16.9 Å². The summed E-state index contributed by atoms with van der Waals surface area (Å²) in [7, 11) is 0. The molecule has 0 aliphatic carbocycles. The van der Waals surface area contributed by atoms with E-state index in [-0.39, 0.29) is 0 Å². The van der Waals surface area contributed by atoms with Crippen LogP contribution in [0.1, 0.15) is 89.2 Å². The molecule has 0 radical (unpaired) electrons. The lowest BCUT2D eigenvalue weighted by molar-refractivity contribution is 0.474. The van der Waals surface area contributed by atoms with E-state index in [1.807, 2.05) is 6.07 Å². The maximum Gasteiger partial charge on any atom is 0.123 e. The van der Waals surface area contributed by atoms with Crippen LogP contribution >= 0.6 is 0 Å². The van der Waals surface area contributed by atoms with Crippen molar-refractivity contribution in [1.82, 2.24) is 0 Å². The average Bonchev–Trinajstić information content (AvgIpc) is 2.64. The van der Waals surface area contributed by atoms with Gasteiger partial charge in [0.2, 0.25) is 0 Å². The maximum absolute atomic E-state index is 10.6. The highest BCUT2D eigenvalue weighted by Crippen LogP contribution is 2.35. The van der Waals surface area contributed by atoms with Crippen LogP contribution in [0, 0.1) is 0 Å². The van der Waals surface area contributed by atoms with Crippen LogP contribution < -0.4 is 0 Å². The van der Waals surface area contributed by atoms with Gasteiger partial charge in [0, 0.05) is 5.56 Å². The molecule has 2 aromatic carbocycles. The number of phenols is 1. The van der Waals surface area contributed by atoms with E-state index in [0.717, 1.165) is 17.5 Å². The molecule has 2 aromatic rings. The Bertz CT molecular complexity index is 642. The summed E-state index contributed by atoms with van der Waals surface area (Å²) >= 11 is 0. The molecule has 0 saturated carbocycles. The zero-order valence-corrected chi connectivity index (χ0v) is 16.4. The van der Waals surface area contributed by atoms with Gasteiger partial charge in [0.15, 0.2) is 0 Å². The van der Waals surface area contributed by atoms with Gasteiger partial charge in [-0.2, -0.15) is 0 Å². The van der Waals surface area contributed by atoms with Gasteiger partial charge in [0.05, 0.1) is 0 Å². The predicted octanol–water partition coefficient (Wildman–Crippen LogP) is 7.65. The Hall–Kier alpha value is -1.76. The van der Waals surface area contributed by atoms with E-state index in [9.17, 15) is 5.11 Å². The van der Waals surface area contributed by atoms with Crippen LogP contribution in [0.2, 0.25) is 0 Å². The van der Waals surface area contributed by atoms with Crippen LogP contribution in [0.5, 0.6) is 5.75 Å². The Morgan fingerprint density at radius 3 is 1.72 bits per heavy atom. The number of hydrogen-bond acceptors (Lipinski definition) is 1. The van der Waals surface area contributed by atoms with E-state index in [1.165, 1.54) is 43.2 Å². The molecule has 0 spiro atoms. The summed E-state index contributed by atoms with van der Waals surface area (Å²) in [5.74, 6) is 1.60. The van der Waals surface area contributed by atoms with Crippen LogP contribution in [0.15, 0.2) is 42.5 Å². The number of hydrogen-bond donors (Lipinski definition) is 1. The van der Waals surface area contributed by atoms with Gasteiger partial charge in [-0.1, -0.05) is 76.9 Å². The lowest BCUT2D eigenvalue weighted by atomic mass is 9.89. The number of benzene rings is 2. The SMILES string of the molecule is CCCC(CC)c1ccc(-c2ccc(C(CC)CCC)cc2O)cc1. The molecule has 0 heterocycles. The molecule has 136 valence electrons. The van der Waals surface area contributed by atoms with Gasteiger partial charge in [0.1, 0.15) is 5.75 Å². The molecule has 2 unspecified atom stereocenters. The van der Waals surface area contributed by atoms with Crippen molar-refractivity contribution >= 4 is 0 Å². The van der Waals surface area contributed by atoms with Crippen LogP contribution in [-0.4, -0.2) is 5.11 Å². The Morgan fingerprint density at radius 1 is 0.720 bits per heavy atom. The third kappa shape index (κ3) is 4.87. The maximum atomic E-state index is 10.6. The summed E-state index contributed by atoms with van der Waals surface area (Å²) in [5, 5.41) is 10.6. The molecule has 0 amide bonds. The Labute approximate surface area is 154 Å². The molecule has 1 N–H and O–H groups in total. The molecule has 2 atom stereocenters. The van der Waals surface area contributed by atoms with Gasteiger partial charge in [-0.15, -0.1) is 0 Å². The summed E-state index contributed by atoms with van der Waals surface area (Å²) in [6.07, 6.45) is 7.13. The minimum absolute atomic E-state index is 0.403. The van der Waals surface area contributed by atoms with E-state index in [1.54, 1.807) is 0 Å². The third-order valence-electron chi connectivity index (χ3n) is 5.45. The quantitative estimate of drug-likeness (QED) is 0.498. The third-order valence-corrected chi connectivity index (χ3v) is 5.45. The summed E-state index contributed by atoms with van der Waals surface area (Å²) < 4.78 is 0. The van der Waals surface area contributed by atoms with Crippen molar-refractivity contribution in [3.63, 3.8) is 0 Å². The fourth-order valence-corrected chi connectivity index (χ4v) is 3.89. The van der Waals surface area contributed by atoms with Crippen LogP contribution in [0.4, 0.5) is 0 Å². The van der Waals surface area contributed by atoms with Gasteiger partial charge in [-0.05, 0) is 60.3 Å². The molecular weight excluding hydrogens is 304 g/mol. The van der Waals surface area contributed by atoms with E-state index < -0.39 is 0 Å². The zero-order chi connectivity index (χ0) is 18.2. The second kappa shape index (κ2) is 9.65. The molecule has 0 fully saturated rings. The van der Waals surface area contributed by atoms with E-state index in [0.29, 0.717) is 17.6 Å². The monoisotopic (exact) mass is 338 g/mol. The molecule has 2 rings (SSSR count). The topological polar surface area (TPSA) is 20.2 Å². The van der Waals surface area contributed by atoms with Gasteiger partial charge in [-0.3, -0.25) is 0 Å². The molecule has 0 bridgehead atoms. The molecule has 0 aliphatic rings. The van der Waals surface area contributed by atoms with Gasteiger partial charge in [-0.25, -0.2) is 0 Å². The van der Waals surface area contributed by atoms with Crippen molar-refractivity contribution in [2.45, 2.75) is 78.1 Å². The fourth-order valence-electron chi connectivity index (χ4n) is 3.89. The first-order valence-corrected chi connectivity index (χ1v) is 10.1. The number of phenolic OH excluding ortho intramolecular Hbond substituents is 1. The second-order valence-corrected chi connectivity index (χ2v) is 7.19. The lowest BCUT2D eigenvalue weighted by Crippen LogP contribution is -1.98. The first kappa shape index (κ1) is 19.6. The van der Waals surface area contributed by atoms with Crippen molar-refractivity contribution in [3.05, 3.63) is 53.6 Å². The van der Waals surface area contributed by atoms with Gasteiger partial charge < -0.3 is 5.11 Å². The fraction of sp³-hybridized carbons (Fsp3) is 0.500. The van der Waals surface area contributed by atoms with Crippen molar-refractivity contribution in [1.29, 1.82) is 0 Å². The van der Waals surface area contributed by atoms with Gasteiger partial charge in [0.25, 0.3) is 0 Å². The standard InChI is InChI=1S/C24H34O/c1-5-9-18(7-3)20-11-13-21(14-12-20)23-16-15-22(17-24(23)25)19(8-4)10-6-2/h11-19,25H,5-10H2,1-4H3. The summed E-state index contributed by atoms with van der Waals surface area (Å²) in [6, 6.07) is 15.0. The van der Waals surface area contributed by atoms with E-state index in [2.05, 4.69) is 64.1 Å². The lowest BCUT2D eigenvalue weighted by Gasteiger charge is -2.17. The van der Waals surface area contributed by atoms with Gasteiger partial charge >= 0.3 is 0 Å². The summed E-state index contributed by atoms with van der Waals surface area (Å²) in [5.41, 5.74) is 4.71. The summed E-state index contributed by atoms with van der Waals surface area (Å²) in [4.78, 5) is 0. The molecule has 0 aromatic heterocycles. The highest BCUT2D eigenvalue weighted by Gasteiger charge is 2.13. The Kier molecular flexibility index (Phi) is 7.55. The number of aromatic hydroxyl groups is 1. The van der Waals surface area contributed by atoms with Crippen LogP contribution in [-0.2, 0) is 0 Å². The first-order valence-electron chi connectivity index (χ1n) is 10.1. The van der Waals surface area contributed by atoms with Crippen molar-refractivity contribution < 1.29 is 5.11 Å². The second-order valence-electron chi connectivity index (χ2n) is 7.19. The smallest absolute Gasteiger partial charge is 0.123 e. The molecule has 1 nitrogen and oxygen atoms in total. The first-order chi connectivity index (χ1) is 12.1. The summed E-state index contributed by atoms with van der Waals surface area (Å²) in [6.45, 7) is 8.96. The molecule has 0 aliphatic heterocycles. The molecule has 25 heavy (non-hydrogen) atoms. The molecular formula is C24H34O. The normalized spacial score (nSPS) is 13.6.